The molecule has 0 aliphatic carbocycles. The zero-order valence-electron chi connectivity index (χ0n) is 8.28. The van der Waals surface area contributed by atoms with E-state index in [9.17, 15) is 0 Å². The van der Waals surface area contributed by atoms with Gasteiger partial charge in [0, 0.05) is 30.9 Å². The van der Waals surface area contributed by atoms with Crippen molar-refractivity contribution in [3.05, 3.63) is 24.2 Å². The lowest BCUT2D eigenvalue weighted by atomic mass is 10.1. The Morgan fingerprint density at radius 1 is 1.50 bits per heavy atom. The molecule has 2 N–H and O–H groups in total. The normalized spacial score (nSPS) is 10.7. The van der Waals surface area contributed by atoms with Crippen LogP contribution in [0.2, 0.25) is 0 Å². The van der Waals surface area contributed by atoms with Crippen LogP contribution < -0.4 is 5.32 Å². The summed E-state index contributed by atoms with van der Waals surface area (Å²) >= 11 is 0. The van der Waals surface area contributed by atoms with Crippen molar-refractivity contribution in [1.82, 2.24) is 25.3 Å². The topological polar surface area (TPSA) is 58.5 Å². The molecule has 0 radical (unpaired) electrons. The average molecular weight is 191 g/mol. The van der Waals surface area contributed by atoms with E-state index in [1.54, 1.807) is 4.68 Å². The van der Waals surface area contributed by atoms with Gasteiger partial charge in [0.05, 0.1) is 18.1 Å². The molecule has 5 nitrogen and oxygen atoms in total. The molecule has 0 aromatic carbocycles. The summed E-state index contributed by atoms with van der Waals surface area (Å²) in [6.07, 6.45) is 5.62. The number of aromatic amines is 1. The third-order valence-electron chi connectivity index (χ3n) is 2.08. The lowest BCUT2D eigenvalue weighted by Gasteiger charge is -1.98. The van der Waals surface area contributed by atoms with Gasteiger partial charge >= 0.3 is 0 Å². The Bertz CT molecular complexity index is 414. The predicted molar refractivity (Wildman–Crippen MR) is 53.6 cm³/mol. The van der Waals surface area contributed by atoms with Gasteiger partial charge in [0.25, 0.3) is 0 Å². The van der Waals surface area contributed by atoms with E-state index < -0.39 is 0 Å². The number of aromatic nitrogens is 4. The number of hydrogen-bond acceptors (Lipinski definition) is 3. The second-order valence-corrected chi connectivity index (χ2v) is 3.20. The first-order valence-corrected chi connectivity index (χ1v) is 4.47. The van der Waals surface area contributed by atoms with Crippen LogP contribution in [0.5, 0.6) is 0 Å². The Morgan fingerprint density at radius 2 is 2.36 bits per heavy atom. The van der Waals surface area contributed by atoms with Crippen LogP contribution in [0.4, 0.5) is 0 Å². The highest BCUT2D eigenvalue weighted by atomic mass is 15.2. The first-order chi connectivity index (χ1) is 6.81. The number of nitrogens with zero attached hydrogens (tertiary/aromatic N) is 3. The predicted octanol–water partition coefficient (Wildman–Crippen LogP) is 0.530. The molecule has 2 rings (SSSR count). The zero-order valence-corrected chi connectivity index (χ0v) is 8.28. The van der Waals surface area contributed by atoms with Crippen LogP contribution in [0.3, 0.4) is 0 Å². The van der Waals surface area contributed by atoms with E-state index in [1.165, 1.54) is 0 Å². The minimum Gasteiger partial charge on any atom is -0.316 e. The van der Waals surface area contributed by atoms with Gasteiger partial charge in [-0.2, -0.15) is 10.2 Å². The Morgan fingerprint density at radius 3 is 3.00 bits per heavy atom. The van der Waals surface area contributed by atoms with Crippen molar-refractivity contribution in [1.29, 1.82) is 0 Å². The Kier molecular flexibility index (Phi) is 2.32. The number of rotatable bonds is 3. The second-order valence-electron chi connectivity index (χ2n) is 3.20. The van der Waals surface area contributed by atoms with E-state index >= 15 is 0 Å². The molecule has 0 amide bonds. The van der Waals surface area contributed by atoms with Crippen molar-refractivity contribution < 1.29 is 0 Å². The molecule has 0 spiro atoms. The van der Waals surface area contributed by atoms with Crippen LogP contribution in [0.25, 0.3) is 11.3 Å². The molecule has 0 aliphatic heterocycles. The maximum Gasteiger partial charge on any atom is 0.0726 e. The van der Waals surface area contributed by atoms with E-state index in [1.807, 2.05) is 32.7 Å². The minimum absolute atomic E-state index is 0.806. The van der Waals surface area contributed by atoms with Crippen molar-refractivity contribution in [3.8, 4) is 11.3 Å². The van der Waals surface area contributed by atoms with Gasteiger partial charge in [-0.1, -0.05) is 0 Å². The van der Waals surface area contributed by atoms with Crippen molar-refractivity contribution in [3.63, 3.8) is 0 Å². The number of H-pyrrole nitrogens is 1. The van der Waals surface area contributed by atoms with E-state index in [4.69, 9.17) is 0 Å². The summed E-state index contributed by atoms with van der Waals surface area (Å²) in [5.74, 6) is 0. The largest absolute Gasteiger partial charge is 0.316 e. The summed E-state index contributed by atoms with van der Waals surface area (Å²) in [7, 11) is 3.82. The van der Waals surface area contributed by atoms with Crippen molar-refractivity contribution in [2.75, 3.05) is 7.05 Å². The second kappa shape index (κ2) is 3.63. The Labute approximate surface area is 82.1 Å². The monoisotopic (exact) mass is 191 g/mol. The van der Waals surface area contributed by atoms with Crippen LogP contribution in [-0.2, 0) is 13.6 Å². The van der Waals surface area contributed by atoms with Gasteiger partial charge in [-0.15, -0.1) is 0 Å². The van der Waals surface area contributed by atoms with Gasteiger partial charge in [0.2, 0.25) is 0 Å². The summed E-state index contributed by atoms with van der Waals surface area (Å²) in [6, 6.07) is 0. The molecule has 14 heavy (non-hydrogen) atoms. The number of aryl methyl sites for hydroxylation is 1. The first kappa shape index (κ1) is 8.96. The fourth-order valence-electron chi connectivity index (χ4n) is 1.44. The summed E-state index contributed by atoms with van der Waals surface area (Å²) < 4.78 is 1.78. The van der Waals surface area contributed by atoms with E-state index in [-0.39, 0.29) is 0 Å². The highest BCUT2D eigenvalue weighted by molar-refractivity contribution is 5.60. The summed E-state index contributed by atoms with van der Waals surface area (Å²) in [5.41, 5.74) is 3.25. The molecule has 0 bridgehead atoms. The van der Waals surface area contributed by atoms with Crippen molar-refractivity contribution >= 4 is 0 Å². The smallest absolute Gasteiger partial charge is 0.0726 e. The van der Waals surface area contributed by atoms with Crippen LogP contribution in [0, 0.1) is 0 Å². The van der Waals surface area contributed by atoms with Crippen LogP contribution in [0.15, 0.2) is 18.6 Å². The molecule has 0 atom stereocenters. The average Bonchev–Trinajstić information content (AvgIpc) is 2.74. The van der Waals surface area contributed by atoms with Crippen LogP contribution >= 0.6 is 0 Å². The fraction of sp³-hybridized carbons (Fsp3) is 0.333. The summed E-state index contributed by atoms with van der Waals surface area (Å²) in [5, 5.41) is 14.2. The molecule has 0 fully saturated rings. The molecule has 0 saturated heterocycles. The standard InChI is InChI=1S/C9H13N5/c1-10-3-7-4-11-13-9(7)8-5-12-14(2)6-8/h4-6,10H,3H2,1-2H3,(H,11,13). The first-order valence-electron chi connectivity index (χ1n) is 4.47. The van der Waals surface area contributed by atoms with Gasteiger partial charge in [0.1, 0.15) is 0 Å². The molecule has 5 heteroatoms. The zero-order chi connectivity index (χ0) is 9.97. The molecular formula is C9H13N5. The third kappa shape index (κ3) is 1.54. The lowest BCUT2D eigenvalue weighted by molar-refractivity contribution is 0.768. The van der Waals surface area contributed by atoms with Gasteiger partial charge in [-0.25, -0.2) is 0 Å². The molecule has 74 valence electrons. The van der Waals surface area contributed by atoms with Crippen molar-refractivity contribution in [2.45, 2.75) is 6.54 Å². The molecular weight excluding hydrogens is 178 g/mol. The highest BCUT2D eigenvalue weighted by Crippen LogP contribution is 2.19. The molecule has 0 unspecified atom stereocenters. The van der Waals surface area contributed by atoms with Gasteiger partial charge < -0.3 is 5.32 Å². The SMILES string of the molecule is CNCc1cn[nH]c1-c1cnn(C)c1. The van der Waals surface area contributed by atoms with E-state index in [2.05, 4.69) is 20.6 Å². The highest BCUT2D eigenvalue weighted by Gasteiger charge is 2.07. The minimum atomic E-state index is 0.806. The van der Waals surface area contributed by atoms with Crippen molar-refractivity contribution in [2.24, 2.45) is 7.05 Å². The maximum atomic E-state index is 4.12. The van der Waals surface area contributed by atoms with Gasteiger partial charge in [-0.05, 0) is 7.05 Å². The molecule has 2 aromatic rings. The molecule has 2 heterocycles. The van der Waals surface area contributed by atoms with E-state index in [0.29, 0.717) is 0 Å². The van der Waals surface area contributed by atoms with Gasteiger partial charge in [0.15, 0.2) is 0 Å². The number of nitrogens with one attached hydrogen (secondary N) is 2. The van der Waals surface area contributed by atoms with Gasteiger partial charge in [-0.3, -0.25) is 9.78 Å². The quantitative estimate of drug-likeness (QED) is 0.744. The lowest BCUT2D eigenvalue weighted by Crippen LogP contribution is -2.04. The third-order valence-corrected chi connectivity index (χ3v) is 2.08. The fourth-order valence-corrected chi connectivity index (χ4v) is 1.44. The maximum absolute atomic E-state index is 4.12. The van der Waals surface area contributed by atoms with E-state index in [0.717, 1.165) is 23.4 Å². The Hall–Kier alpha value is -1.62. The molecule has 2 aromatic heterocycles. The summed E-state index contributed by atoms with van der Waals surface area (Å²) in [6.45, 7) is 0.806. The molecule has 0 aliphatic rings. The summed E-state index contributed by atoms with van der Waals surface area (Å²) in [4.78, 5) is 0. The van der Waals surface area contributed by atoms with Crippen LogP contribution in [-0.4, -0.2) is 27.0 Å². The van der Waals surface area contributed by atoms with Crippen LogP contribution in [0.1, 0.15) is 5.56 Å². The molecule has 0 saturated carbocycles. The number of hydrogen-bond donors (Lipinski definition) is 2. The Balaban J connectivity index is 2.36.